The van der Waals surface area contributed by atoms with Crippen LogP contribution < -0.4 is 15.0 Å². The highest BCUT2D eigenvalue weighted by atomic mass is 19.1. The molecule has 0 spiro atoms. The Kier molecular flexibility index (Phi) is 3.79. The van der Waals surface area contributed by atoms with Crippen molar-refractivity contribution in [1.29, 1.82) is 0 Å². The second kappa shape index (κ2) is 5.51. The third kappa shape index (κ3) is 2.73. The number of anilines is 3. The van der Waals surface area contributed by atoms with E-state index >= 15 is 0 Å². The maximum absolute atomic E-state index is 13.8. The van der Waals surface area contributed by atoms with Crippen molar-refractivity contribution >= 4 is 17.5 Å². The minimum absolute atomic E-state index is 0.213. The number of hydrogen-bond donors (Lipinski definition) is 1. The van der Waals surface area contributed by atoms with Crippen molar-refractivity contribution in [1.82, 2.24) is 9.97 Å². The SMILES string of the molecule is CNc1ncc(F)c(N(C)c2ccc(OC)cc2)n1. The van der Waals surface area contributed by atoms with Gasteiger partial charge < -0.3 is 15.0 Å². The van der Waals surface area contributed by atoms with Crippen molar-refractivity contribution in [3.05, 3.63) is 36.3 Å². The maximum Gasteiger partial charge on any atom is 0.224 e. The number of nitrogens with zero attached hydrogens (tertiary/aromatic N) is 3. The third-order valence-corrected chi connectivity index (χ3v) is 2.73. The molecule has 0 aliphatic rings. The lowest BCUT2D eigenvalue weighted by Gasteiger charge is -2.19. The van der Waals surface area contributed by atoms with Gasteiger partial charge in [-0.05, 0) is 24.3 Å². The van der Waals surface area contributed by atoms with E-state index in [9.17, 15) is 4.39 Å². The number of benzene rings is 1. The fourth-order valence-corrected chi connectivity index (χ4v) is 1.64. The standard InChI is InChI=1S/C13H15FN4O/c1-15-13-16-8-11(14)12(17-13)18(2)9-4-6-10(19-3)7-5-9/h4-8H,1-3H3,(H,15,16,17). The molecule has 0 aliphatic heterocycles. The largest absolute Gasteiger partial charge is 0.497 e. The number of methoxy groups -OCH3 is 1. The second-order valence-electron chi connectivity index (χ2n) is 3.87. The van der Waals surface area contributed by atoms with Gasteiger partial charge in [0.05, 0.1) is 13.3 Å². The Morgan fingerprint density at radius 2 is 1.95 bits per heavy atom. The van der Waals surface area contributed by atoms with Gasteiger partial charge in [-0.3, -0.25) is 0 Å². The van der Waals surface area contributed by atoms with E-state index in [1.165, 1.54) is 0 Å². The summed E-state index contributed by atoms with van der Waals surface area (Å²) in [6, 6.07) is 7.28. The number of aromatic nitrogens is 2. The van der Waals surface area contributed by atoms with Crippen LogP contribution in [0, 0.1) is 5.82 Å². The first-order chi connectivity index (χ1) is 9.15. The Morgan fingerprint density at radius 1 is 1.26 bits per heavy atom. The van der Waals surface area contributed by atoms with E-state index in [-0.39, 0.29) is 5.82 Å². The molecule has 1 N–H and O–H groups in total. The van der Waals surface area contributed by atoms with Crippen molar-refractivity contribution < 1.29 is 9.13 Å². The van der Waals surface area contributed by atoms with Crippen LogP contribution in [0.2, 0.25) is 0 Å². The second-order valence-corrected chi connectivity index (χ2v) is 3.87. The molecule has 2 rings (SSSR count). The summed E-state index contributed by atoms with van der Waals surface area (Å²) < 4.78 is 18.9. The van der Waals surface area contributed by atoms with Gasteiger partial charge in [0.1, 0.15) is 5.75 Å². The van der Waals surface area contributed by atoms with Crippen molar-refractivity contribution in [2.45, 2.75) is 0 Å². The van der Waals surface area contributed by atoms with Gasteiger partial charge in [0.25, 0.3) is 0 Å². The average Bonchev–Trinajstić information content (AvgIpc) is 2.47. The first-order valence-corrected chi connectivity index (χ1v) is 5.73. The van der Waals surface area contributed by atoms with E-state index in [0.29, 0.717) is 5.95 Å². The highest BCUT2D eigenvalue weighted by Gasteiger charge is 2.13. The molecule has 0 saturated carbocycles. The minimum atomic E-state index is -0.475. The predicted molar refractivity (Wildman–Crippen MR) is 72.6 cm³/mol. The molecule has 19 heavy (non-hydrogen) atoms. The Hall–Kier alpha value is -2.37. The van der Waals surface area contributed by atoms with Gasteiger partial charge in [0.15, 0.2) is 11.6 Å². The summed E-state index contributed by atoms with van der Waals surface area (Å²) in [6.07, 6.45) is 1.15. The van der Waals surface area contributed by atoms with Crippen molar-refractivity contribution in [2.75, 3.05) is 31.4 Å². The van der Waals surface area contributed by atoms with Gasteiger partial charge in [-0.2, -0.15) is 4.98 Å². The zero-order valence-corrected chi connectivity index (χ0v) is 11.0. The predicted octanol–water partition coefficient (Wildman–Crippen LogP) is 2.43. The Balaban J connectivity index is 2.34. The van der Waals surface area contributed by atoms with Crippen LogP contribution in [0.3, 0.4) is 0 Å². The summed E-state index contributed by atoms with van der Waals surface area (Å²) in [5.41, 5.74) is 0.806. The van der Waals surface area contributed by atoms with Crippen LogP contribution in [0.1, 0.15) is 0 Å². The first-order valence-electron chi connectivity index (χ1n) is 5.73. The summed E-state index contributed by atoms with van der Waals surface area (Å²) in [5, 5.41) is 2.78. The molecule has 0 aliphatic carbocycles. The molecule has 2 aromatic rings. The van der Waals surface area contributed by atoms with Crippen LogP contribution in [-0.4, -0.2) is 31.2 Å². The van der Waals surface area contributed by atoms with E-state index in [0.717, 1.165) is 17.6 Å². The van der Waals surface area contributed by atoms with Crippen LogP contribution in [-0.2, 0) is 0 Å². The average molecular weight is 262 g/mol. The normalized spacial score (nSPS) is 10.1. The molecule has 5 nitrogen and oxygen atoms in total. The molecule has 0 amide bonds. The lowest BCUT2D eigenvalue weighted by Crippen LogP contribution is -2.14. The molecule has 0 bridgehead atoms. The monoisotopic (exact) mass is 262 g/mol. The van der Waals surface area contributed by atoms with Gasteiger partial charge in [-0.15, -0.1) is 0 Å². The third-order valence-electron chi connectivity index (χ3n) is 2.73. The molecule has 100 valence electrons. The smallest absolute Gasteiger partial charge is 0.224 e. The van der Waals surface area contributed by atoms with E-state index in [4.69, 9.17) is 4.74 Å². The summed E-state index contributed by atoms with van der Waals surface area (Å²) in [7, 11) is 5.03. The number of hydrogen-bond acceptors (Lipinski definition) is 5. The Labute approximate surface area is 111 Å². The topological polar surface area (TPSA) is 50.3 Å². The molecule has 6 heteroatoms. The summed E-state index contributed by atoms with van der Waals surface area (Å²) >= 11 is 0. The fraction of sp³-hybridized carbons (Fsp3) is 0.231. The highest BCUT2D eigenvalue weighted by Crippen LogP contribution is 2.26. The van der Waals surface area contributed by atoms with Gasteiger partial charge in [0.2, 0.25) is 5.95 Å². The Morgan fingerprint density at radius 3 is 2.53 bits per heavy atom. The quantitative estimate of drug-likeness (QED) is 0.917. The summed E-state index contributed by atoms with van der Waals surface area (Å²) in [6.45, 7) is 0. The zero-order chi connectivity index (χ0) is 13.8. The zero-order valence-electron chi connectivity index (χ0n) is 11.0. The van der Waals surface area contributed by atoms with E-state index in [1.54, 1.807) is 26.1 Å². The van der Waals surface area contributed by atoms with E-state index in [1.807, 2.05) is 24.3 Å². The highest BCUT2D eigenvalue weighted by molar-refractivity contribution is 5.61. The molecular weight excluding hydrogens is 247 g/mol. The lowest BCUT2D eigenvalue weighted by molar-refractivity contribution is 0.415. The van der Waals surface area contributed by atoms with Gasteiger partial charge in [-0.1, -0.05) is 0 Å². The number of halogens is 1. The minimum Gasteiger partial charge on any atom is -0.497 e. The van der Waals surface area contributed by atoms with Crippen molar-refractivity contribution in [2.24, 2.45) is 0 Å². The molecule has 1 heterocycles. The van der Waals surface area contributed by atoms with Crippen LogP contribution in [0.15, 0.2) is 30.5 Å². The van der Waals surface area contributed by atoms with Crippen LogP contribution in [0.25, 0.3) is 0 Å². The van der Waals surface area contributed by atoms with E-state index in [2.05, 4.69) is 15.3 Å². The van der Waals surface area contributed by atoms with Crippen molar-refractivity contribution in [3.63, 3.8) is 0 Å². The molecule has 1 aromatic carbocycles. The lowest BCUT2D eigenvalue weighted by atomic mass is 10.3. The molecule has 0 fully saturated rings. The number of nitrogens with one attached hydrogen (secondary N) is 1. The van der Waals surface area contributed by atoms with Gasteiger partial charge in [-0.25, -0.2) is 9.37 Å². The van der Waals surface area contributed by atoms with E-state index < -0.39 is 5.82 Å². The first kappa shape index (κ1) is 13.1. The molecule has 0 atom stereocenters. The molecular formula is C13H15FN4O. The Bertz CT molecular complexity index is 559. The van der Waals surface area contributed by atoms with Crippen molar-refractivity contribution in [3.8, 4) is 5.75 Å². The molecule has 0 saturated heterocycles. The number of ether oxygens (including phenoxy) is 1. The summed E-state index contributed by atoms with van der Waals surface area (Å²) in [4.78, 5) is 9.57. The molecule has 0 radical (unpaired) electrons. The molecule has 1 aromatic heterocycles. The number of rotatable bonds is 4. The summed E-state index contributed by atoms with van der Waals surface area (Å²) in [5.74, 6) is 0.856. The van der Waals surface area contributed by atoms with Gasteiger partial charge >= 0.3 is 0 Å². The van der Waals surface area contributed by atoms with Crippen LogP contribution in [0.5, 0.6) is 5.75 Å². The van der Waals surface area contributed by atoms with Crippen LogP contribution in [0.4, 0.5) is 21.8 Å². The van der Waals surface area contributed by atoms with Gasteiger partial charge in [0, 0.05) is 19.8 Å². The maximum atomic E-state index is 13.8. The van der Waals surface area contributed by atoms with Crippen LogP contribution >= 0.6 is 0 Å². The fourth-order valence-electron chi connectivity index (χ4n) is 1.64. The molecule has 0 unspecified atom stereocenters.